The molecule has 1 aliphatic heterocycles. The first-order valence-corrected chi connectivity index (χ1v) is 13.1. The van der Waals surface area contributed by atoms with Crippen LogP contribution in [0.1, 0.15) is 43.7 Å². The lowest BCUT2D eigenvalue weighted by Crippen LogP contribution is -2.56. The van der Waals surface area contributed by atoms with E-state index in [-0.39, 0.29) is 12.6 Å². The van der Waals surface area contributed by atoms with Gasteiger partial charge < -0.3 is 9.64 Å². The van der Waals surface area contributed by atoms with Gasteiger partial charge in [-0.2, -0.15) is 26.3 Å². The zero-order valence-electron chi connectivity index (χ0n) is 23.2. The average Bonchev–Trinajstić information content (AvgIpc) is 2.94. The number of amides is 1. The third kappa shape index (κ3) is 7.62. The van der Waals surface area contributed by atoms with Gasteiger partial charge in [-0.3, -0.25) is 9.69 Å². The minimum absolute atomic E-state index is 0.0261. The quantitative estimate of drug-likeness (QED) is 0.264. The van der Waals surface area contributed by atoms with Gasteiger partial charge >= 0.3 is 12.4 Å². The van der Waals surface area contributed by atoms with E-state index in [1.807, 2.05) is 36.9 Å². The van der Waals surface area contributed by atoms with Gasteiger partial charge in [0.2, 0.25) is 5.88 Å². The van der Waals surface area contributed by atoms with Crippen LogP contribution in [0.15, 0.2) is 54.7 Å². The number of rotatable bonds is 5. The molecular formula is C31H29F6N3O2. The molecule has 0 N–H and O–H groups in total. The van der Waals surface area contributed by atoms with E-state index in [1.165, 1.54) is 12.0 Å². The molecule has 3 aromatic rings. The lowest BCUT2D eigenvalue weighted by molar-refractivity contribution is -0.143. The lowest BCUT2D eigenvalue weighted by Gasteiger charge is -2.41. The van der Waals surface area contributed by atoms with Crippen molar-refractivity contribution in [2.24, 2.45) is 0 Å². The largest absolute Gasteiger partial charge is 0.481 e. The molecule has 0 saturated carbocycles. The summed E-state index contributed by atoms with van der Waals surface area (Å²) in [5.74, 6) is 5.67. The van der Waals surface area contributed by atoms with E-state index >= 15 is 0 Å². The van der Waals surface area contributed by atoms with Crippen molar-refractivity contribution in [1.29, 1.82) is 0 Å². The fourth-order valence-corrected chi connectivity index (χ4v) is 4.78. The number of hydrogen-bond donors (Lipinski definition) is 0. The van der Waals surface area contributed by atoms with Crippen LogP contribution in [-0.2, 0) is 18.8 Å². The maximum Gasteiger partial charge on any atom is 0.416 e. The number of hydrogen-bond acceptors (Lipinski definition) is 4. The van der Waals surface area contributed by atoms with Crippen molar-refractivity contribution in [3.8, 4) is 17.7 Å². The van der Waals surface area contributed by atoms with E-state index in [0.717, 1.165) is 16.7 Å². The molecule has 222 valence electrons. The number of methoxy groups -OCH3 is 1. The highest BCUT2D eigenvalue weighted by Gasteiger charge is 2.39. The minimum atomic E-state index is -5.05. The highest BCUT2D eigenvalue weighted by Crippen LogP contribution is 2.37. The molecule has 1 aromatic heterocycles. The zero-order chi connectivity index (χ0) is 30.7. The summed E-state index contributed by atoms with van der Waals surface area (Å²) < 4.78 is 85.9. The normalized spacial score (nSPS) is 16.1. The highest BCUT2D eigenvalue weighted by molar-refractivity contribution is 5.95. The number of carbonyl (C=O) groups excluding carboxylic acids is 1. The molecule has 1 saturated heterocycles. The van der Waals surface area contributed by atoms with E-state index in [4.69, 9.17) is 4.74 Å². The number of nitrogens with zero attached hydrogens (tertiary/aromatic N) is 3. The van der Waals surface area contributed by atoms with Gasteiger partial charge in [0.1, 0.15) is 0 Å². The summed E-state index contributed by atoms with van der Waals surface area (Å²) in [6.07, 6.45) is -8.16. The fourth-order valence-electron chi connectivity index (χ4n) is 4.78. The molecule has 1 atom stereocenters. The van der Waals surface area contributed by atoms with E-state index < -0.39 is 41.0 Å². The molecule has 5 nitrogen and oxygen atoms in total. The maximum absolute atomic E-state index is 13.6. The van der Waals surface area contributed by atoms with Crippen molar-refractivity contribution >= 4 is 5.91 Å². The summed E-state index contributed by atoms with van der Waals surface area (Å²) in [6.45, 7) is 5.03. The zero-order valence-corrected chi connectivity index (χ0v) is 23.2. The van der Waals surface area contributed by atoms with E-state index in [0.29, 0.717) is 49.6 Å². The van der Waals surface area contributed by atoms with Crippen molar-refractivity contribution in [2.75, 3.05) is 33.3 Å². The highest BCUT2D eigenvalue weighted by atomic mass is 19.4. The van der Waals surface area contributed by atoms with Crippen LogP contribution in [0.25, 0.3) is 0 Å². The molecule has 0 radical (unpaired) electrons. The Morgan fingerprint density at radius 1 is 0.952 bits per heavy atom. The van der Waals surface area contributed by atoms with E-state index in [9.17, 15) is 31.1 Å². The molecule has 1 aliphatic rings. The molecule has 0 bridgehead atoms. The number of aromatic nitrogens is 1. The second-order valence-electron chi connectivity index (χ2n) is 10.2. The van der Waals surface area contributed by atoms with Crippen molar-refractivity contribution in [3.05, 3.63) is 93.7 Å². The summed E-state index contributed by atoms with van der Waals surface area (Å²) in [4.78, 5) is 21.1. The molecule has 1 amide bonds. The van der Waals surface area contributed by atoms with Crippen LogP contribution in [0.3, 0.4) is 0 Å². The first-order chi connectivity index (χ1) is 19.7. The predicted molar refractivity (Wildman–Crippen MR) is 145 cm³/mol. The monoisotopic (exact) mass is 589 g/mol. The van der Waals surface area contributed by atoms with Gasteiger partial charge in [0.15, 0.2) is 0 Å². The summed E-state index contributed by atoms with van der Waals surface area (Å²) in [5, 5.41) is 0. The van der Waals surface area contributed by atoms with Crippen LogP contribution in [0.2, 0.25) is 0 Å². The standard InChI is InChI=1S/C31H29F6N3O2/c1-20-6-7-23(13-21(20)2)14-27-19-39(10-4-5-22-8-9-28(42-3)38-18-22)11-12-40(27)29(41)24-15-25(30(32,33)34)17-26(16-24)31(35,36)37/h6-9,13,15-18,27H,10-12,14,19H2,1-3H3/t27-/m1/s1. The Bertz CT molecular complexity index is 1460. The first kappa shape index (κ1) is 30.9. The van der Waals surface area contributed by atoms with Crippen molar-refractivity contribution in [3.63, 3.8) is 0 Å². The number of aryl methyl sites for hydroxylation is 2. The Balaban J connectivity index is 1.61. The Morgan fingerprint density at radius 2 is 1.64 bits per heavy atom. The SMILES string of the molecule is COc1ccc(C#CCN2CCN(C(=O)c3cc(C(F)(F)F)cc(C(F)(F)F)c3)[C@H](Cc3ccc(C)c(C)c3)C2)cn1. The van der Waals surface area contributed by atoms with Crippen LogP contribution in [0.4, 0.5) is 26.3 Å². The number of piperazine rings is 1. The minimum Gasteiger partial charge on any atom is -0.481 e. The van der Waals surface area contributed by atoms with Gasteiger partial charge in [-0.15, -0.1) is 0 Å². The summed E-state index contributed by atoms with van der Waals surface area (Å²) >= 11 is 0. The smallest absolute Gasteiger partial charge is 0.416 e. The molecule has 42 heavy (non-hydrogen) atoms. The first-order valence-electron chi connectivity index (χ1n) is 13.1. The Morgan fingerprint density at radius 3 is 2.21 bits per heavy atom. The molecular weight excluding hydrogens is 560 g/mol. The maximum atomic E-state index is 13.6. The second-order valence-corrected chi connectivity index (χ2v) is 10.2. The molecule has 0 spiro atoms. The molecule has 0 unspecified atom stereocenters. The number of carbonyl (C=O) groups is 1. The summed E-state index contributed by atoms with van der Waals surface area (Å²) in [7, 11) is 1.51. The van der Waals surface area contributed by atoms with E-state index in [2.05, 4.69) is 16.8 Å². The van der Waals surface area contributed by atoms with Crippen LogP contribution < -0.4 is 4.74 Å². The Labute approximate surface area is 240 Å². The predicted octanol–water partition coefficient (Wildman–Crippen LogP) is 6.17. The van der Waals surface area contributed by atoms with Gasteiger partial charge in [-0.05, 0) is 61.2 Å². The van der Waals surface area contributed by atoms with Crippen LogP contribution in [0, 0.1) is 25.7 Å². The third-order valence-corrected chi connectivity index (χ3v) is 7.19. The van der Waals surface area contributed by atoms with Crippen molar-refractivity contribution in [1.82, 2.24) is 14.8 Å². The van der Waals surface area contributed by atoms with Crippen LogP contribution in [0.5, 0.6) is 5.88 Å². The van der Waals surface area contributed by atoms with Crippen molar-refractivity contribution < 1.29 is 35.9 Å². The van der Waals surface area contributed by atoms with Crippen molar-refractivity contribution in [2.45, 2.75) is 38.7 Å². The number of halogens is 6. The molecule has 0 aliphatic carbocycles. The number of ether oxygens (including phenoxy) is 1. The summed E-state index contributed by atoms with van der Waals surface area (Å²) in [6, 6.07) is 9.77. The molecule has 4 rings (SSSR count). The third-order valence-electron chi connectivity index (χ3n) is 7.19. The van der Waals surface area contributed by atoms with Gasteiger partial charge in [0, 0.05) is 49.1 Å². The topological polar surface area (TPSA) is 45.7 Å². The van der Waals surface area contributed by atoms with E-state index in [1.54, 1.807) is 18.3 Å². The van der Waals surface area contributed by atoms with Crippen LogP contribution >= 0.6 is 0 Å². The number of alkyl halides is 6. The Kier molecular flexibility index (Phi) is 9.16. The Hall–Kier alpha value is -4.04. The number of benzene rings is 2. The van der Waals surface area contributed by atoms with Gasteiger partial charge in [-0.1, -0.05) is 30.0 Å². The van der Waals surface area contributed by atoms with Gasteiger partial charge in [0.25, 0.3) is 5.91 Å². The molecule has 2 heterocycles. The fraction of sp³-hybridized carbons (Fsp3) is 0.355. The molecule has 11 heteroatoms. The molecule has 2 aromatic carbocycles. The average molecular weight is 590 g/mol. The summed E-state index contributed by atoms with van der Waals surface area (Å²) in [5.41, 5.74) is -0.00260. The van der Waals surface area contributed by atoms with Crippen LogP contribution in [-0.4, -0.2) is 60.0 Å². The lowest BCUT2D eigenvalue weighted by atomic mass is 9.97. The molecule has 1 fully saturated rings. The second kappa shape index (κ2) is 12.4. The number of pyridine rings is 1. The van der Waals surface area contributed by atoms with Gasteiger partial charge in [-0.25, -0.2) is 4.98 Å². The van der Waals surface area contributed by atoms with Gasteiger partial charge in [0.05, 0.1) is 24.8 Å².